The third-order valence-corrected chi connectivity index (χ3v) is 1.19. The van der Waals surface area contributed by atoms with Crippen LogP contribution in [0.2, 0.25) is 0 Å². The minimum absolute atomic E-state index is 0.138. The number of methoxy groups -OCH3 is 1. The Morgan fingerprint density at radius 3 is 2.70 bits per heavy atom. The first-order valence-corrected chi connectivity index (χ1v) is 3.18. The Morgan fingerprint density at radius 2 is 2.30 bits per heavy atom. The van der Waals surface area contributed by atoms with Crippen molar-refractivity contribution in [3.05, 3.63) is 6.92 Å². The monoisotopic (exact) mass is 145 g/mol. The zero-order valence-corrected chi connectivity index (χ0v) is 6.42. The standard InChI is InChI=1S/C7H13O3/c1-6(9-3)4-5-10-7(2)8/h6H,2,4-5H2,1,3H3. The molecular weight excluding hydrogens is 132 g/mol. The molecule has 1 atom stereocenters. The normalized spacial score (nSPS) is 12.7. The SMILES string of the molecule is [CH2]C(=O)OCCC(C)OC. The first kappa shape index (κ1) is 9.43. The van der Waals surface area contributed by atoms with Crippen LogP contribution in [0.1, 0.15) is 13.3 Å². The molecule has 0 aromatic rings. The number of rotatable bonds is 4. The molecule has 1 unspecified atom stereocenters. The Labute approximate surface area is 61.3 Å². The van der Waals surface area contributed by atoms with E-state index in [1.54, 1.807) is 7.11 Å². The van der Waals surface area contributed by atoms with E-state index in [0.29, 0.717) is 6.61 Å². The topological polar surface area (TPSA) is 35.5 Å². The Bertz CT molecular complexity index is 101. The summed E-state index contributed by atoms with van der Waals surface area (Å²) in [6, 6.07) is 0. The van der Waals surface area contributed by atoms with Crippen molar-refractivity contribution < 1.29 is 14.3 Å². The second kappa shape index (κ2) is 5.23. The molecule has 0 spiro atoms. The van der Waals surface area contributed by atoms with Gasteiger partial charge in [0.15, 0.2) is 0 Å². The van der Waals surface area contributed by atoms with Crippen LogP contribution in [0.15, 0.2) is 0 Å². The molecule has 0 aliphatic carbocycles. The highest BCUT2D eigenvalue weighted by Crippen LogP contribution is 1.94. The van der Waals surface area contributed by atoms with Gasteiger partial charge in [0, 0.05) is 13.5 Å². The first-order chi connectivity index (χ1) is 4.66. The van der Waals surface area contributed by atoms with Gasteiger partial charge in [0.05, 0.1) is 19.6 Å². The van der Waals surface area contributed by atoms with E-state index < -0.39 is 5.97 Å². The van der Waals surface area contributed by atoms with E-state index in [-0.39, 0.29) is 6.10 Å². The van der Waals surface area contributed by atoms with Gasteiger partial charge in [0.25, 0.3) is 0 Å². The molecule has 0 saturated heterocycles. The fourth-order valence-corrected chi connectivity index (χ4v) is 0.457. The Balaban J connectivity index is 3.11. The minimum atomic E-state index is -0.483. The third-order valence-electron chi connectivity index (χ3n) is 1.19. The summed E-state index contributed by atoms with van der Waals surface area (Å²) in [5, 5.41) is 0. The quantitative estimate of drug-likeness (QED) is 0.548. The lowest BCUT2D eigenvalue weighted by molar-refractivity contribution is -0.138. The number of carbonyl (C=O) groups excluding carboxylic acids is 1. The molecule has 0 saturated carbocycles. The van der Waals surface area contributed by atoms with Gasteiger partial charge in [0.2, 0.25) is 0 Å². The smallest absolute Gasteiger partial charge is 0.306 e. The van der Waals surface area contributed by atoms with Gasteiger partial charge in [-0.05, 0) is 6.92 Å². The maximum atomic E-state index is 10.1. The van der Waals surface area contributed by atoms with Crippen molar-refractivity contribution in [3.8, 4) is 0 Å². The van der Waals surface area contributed by atoms with Gasteiger partial charge in [-0.2, -0.15) is 0 Å². The van der Waals surface area contributed by atoms with Crippen LogP contribution < -0.4 is 0 Å². The number of hydrogen-bond donors (Lipinski definition) is 0. The molecule has 0 bridgehead atoms. The van der Waals surface area contributed by atoms with E-state index in [1.807, 2.05) is 6.92 Å². The molecule has 10 heavy (non-hydrogen) atoms. The number of esters is 1. The molecule has 0 aliphatic heterocycles. The van der Waals surface area contributed by atoms with Crippen molar-refractivity contribution in [1.29, 1.82) is 0 Å². The maximum absolute atomic E-state index is 10.1. The summed E-state index contributed by atoms with van der Waals surface area (Å²) in [6.45, 7) is 5.36. The lowest BCUT2D eigenvalue weighted by Gasteiger charge is -2.07. The molecule has 0 aromatic heterocycles. The summed E-state index contributed by atoms with van der Waals surface area (Å²) in [7, 11) is 1.62. The molecule has 0 rings (SSSR count). The van der Waals surface area contributed by atoms with Crippen LogP contribution in [0, 0.1) is 6.92 Å². The Kier molecular flexibility index (Phi) is 4.94. The van der Waals surface area contributed by atoms with Crippen LogP contribution in [0.3, 0.4) is 0 Å². The molecule has 59 valence electrons. The van der Waals surface area contributed by atoms with Crippen molar-refractivity contribution in [2.75, 3.05) is 13.7 Å². The molecule has 0 N–H and O–H groups in total. The summed E-state index contributed by atoms with van der Waals surface area (Å²) >= 11 is 0. The fraction of sp³-hybridized carbons (Fsp3) is 0.714. The van der Waals surface area contributed by atoms with Crippen LogP contribution in [0.5, 0.6) is 0 Å². The van der Waals surface area contributed by atoms with Crippen LogP contribution in [-0.2, 0) is 14.3 Å². The van der Waals surface area contributed by atoms with Gasteiger partial charge in [-0.3, -0.25) is 4.79 Å². The van der Waals surface area contributed by atoms with Crippen molar-refractivity contribution >= 4 is 5.97 Å². The van der Waals surface area contributed by atoms with Crippen LogP contribution in [0.4, 0.5) is 0 Å². The molecule has 0 aliphatic rings. The van der Waals surface area contributed by atoms with E-state index in [9.17, 15) is 4.79 Å². The molecule has 3 heteroatoms. The summed E-state index contributed by atoms with van der Waals surface area (Å²) in [6.07, 6.45) is 0.858. The van der Waals surface area contributed by atoms with Gasteiger partial charge >= 0.3 is 5.97 Å². The van der Waals surface area contributed by atoms with E-state index in [2.05, 4.69) is 11.7 Å². The maximum Gasteiger partial charge on any atom is 0.306 e. The highest BCUT2D eigenvalue weighted by Gasteiger charge is 1.99. The average molecular weight is 145 g/mol. The average Bonchev–Trinajstić information content (AvgIpc) is 1.87. The second-order valence-corrected chi connectivity index (χ2v) is 2.06. The largest absolute Gasteiger partial charge is 0.466 e. The van der Waals surface area contributed by atoms with E-state index in [4.69, 9.17) is 4.74 Å². The summed E-state index contributed by atoms with van der Waals surface area (Å²) in [5.41, 5.74) is 0. The predicted molar refractivity (Wildman–Crippen MR) is 37.4 cm³/mol. The molecule has 1 radical (unpaired) electrons. The van der Waals surface area contributed by atoms with Crippen molar-refractivity contribution in [3.63, 3.8) is 0 Å². The minimum Gasteiger partial charge on any atom is -0.466 e. The first-order valence-electron chi connectivity index (χ1n) is 3.18. The Hall–Kier alpha value is -0.570. The summed E-state index contributed by atoms with van der Waals surface area (Å²) in [5.74, 6) is -0.483. The summed E-state index contributed by atoms with van der Waals surface area (Å²) < 4.78 is 9.50. The van der Waals surface area contributed by atoms with E-state index >= 15 is 0 Å². The second-order valence-electron chi connectivity index (χ2n) is 2.06. The Morgan fingerprint density at radius 1 is 1.70 bits per heavy atom. The summed E-state index contributed by atoms with van der Waals surface area (Å²) in [4.78, 5) is 10.1. The number of carbonyl (C=O) groups is 1. The van der Waals surface area contributed by atoms with Gasteiger partial charge in [0.1, 0.15) is 0 Å². The lowest BCUT2D eigenvalue weighted by atomic mass is 10.3. The van der Waals surface area contributed by atoms with Crippen LogP contribution in [-0.4, -0.2) is 25.8 Å². The third kappa shape index (κ3) is 5.56. The molecule has 0 amide bonds. The molecule has 3 nitrogen and oxygen atoms in total. The zero-order valence-electron chi connectivity index (χ0n) is 6.42. The van der Waals surface area contributed by atoms with Crippen LogP contribution in [0.25, 0.3) is 0 Å². The van der Waals surface area contributed by atoms with Crippen molar-refractivity contribution in [2.24, 2.45) is 0 Å². The van der Waals surface area contributed by atoms with E-state index in [0.717, 1.165) is 6.42 Å². The van der Waals surface area contributed by atoms with Crippen molar-refractivity contribution in [2.45, 2.75) is 19.4 Å². The van der Waals surface area contributed by atoms with Gasteiger partial charge in [-0.15, -0.1) is 0 Å². The number of ether oxygens (including phenoxy) is 2. The lowest BCUT2D eigenvalue weighted by Crippen LogP contribution is -2.10. The number of hydrogen-bond acceptors (Lipinski definition) is 3. The fourth-order valence-electron chi connectivity index (χ4n) is 0.457. The van der Waals surface area contributed by atoms with Gasteiger partial charge < -0.3 is 9.47 Å². The van der Waals surface area contributed by atoms with Gasteiger partial charge in [-0.25, -0.2) is 0 Å². The van der Waals surface area contributed by atoms with Crippen molar-refractivity contribution in [1.82, 2.24) is 0 Å². The molecule has 0 aromatic carbocycles. The molecule has 0 fully saturated rings. The van der Waals surface area contributed by atoms with Crippen LogP contribution >= 0.6 is 0 Å². The van der Waals surface area contributed by atoms with Gasteiger partial charge in [-0.1, -0.05) is 0 Å². The highest BCUT2D eigenvalue weighted by atomic mass is 16.5. The van der Waals surface area contributed by atoms with E-state index in [1.165, 1.54) is 0 Å². The zero-order chi connectivity index (χ0) is 7.98. The highest BCUT2D eigenvalue weighted by molar-refractivity contribution is 5.73. The molecular formula is C7H13O3. The predicted octanol–water partition coefficient (Wildman–Crippen LogP) is 0.789. The molecule has 0 heterocycles.